The zero-order valence-corrected chi connectivity index (χ0v) is 17.7. The third kappa shape index (κ3) is 3.48. The van der Waals surface area contributed by atoms with Crippen molar-refractivity contribution in [1.82, 2.24) is 14.5 Å². The van der Waals surface area contributed by atoms with Gasteiger partial charge in [-0.2, -0.15) is 0 Å². The van der Waals surface area contributed by atoms with E-state index < -0.39 is 0 Å². The summed E-state index contributed by atoms with van der Waals surface area (Å²) in [6.45, 7) is 6.55. The number of benzene rings is 3. The van der Waals surface area contributed by atoms with Crippen molar-refractivity contribution in [3.05, 3.63) is 95.8 Å². The molecular weight excluding hydrogens is 368 g/mol. The fraction of sp³-hybridized carbons (Fsp3) is 0.269. The second-order valence-electron chi connectivity index (χ2n) is 8.29. The number of nitrogens with zero attached hydrogens (tertiary/aromatic N) is 4. The van der Waals surface area contributed by atoms with E-state index in [1.54, 1.807) is 0 Å². The van der Waals surface area contributed by atoms with Gasteiger partial charge >= 0.3 is 0 Å². The minimum atomic E-state index is 0.0976. The molecule has 1 aliphatic rings. The lowest BCUT2D eigenvalue weighted by molar-refractivity contribution is 0.312. The summed E-state index contributed by atoms with van der Waals surface area (Å²) in [5, 5.41) is 0. The van der Waals surface area contributed by atoms with Crippen LogP contribution in [0, 0.1) is 6.92 Å². The Hall–Kier alpha value is -3.11. The van der Waals surface area contributed by atoms with E-state index in [1.807, 2.05) is 6.33 Å². The summed E-state index contributed by atoms with van der Waals surface area (Å²) in [6.07, 6.45) is 2.00. The van der Waals surface area contributed by atoms with Crippen molar-refractivity contribution in [3.63, 3.8) is 0 Å². The fourth-order valence-corrected chi connectivity index (χ4v) is 4.55. The van der Waals surface area contributed by atoms with Crippen molar-refractivity contribution in [3.8, 4) is 0 Å². The molecule has 4 aromatic rings. The number of likely N-dealkylation sites (N-methyl/N-ethyl adjacent to an activating group) is 1. The Balaban J connectivity index is 1.64. The van der Waals surface area contributed by atoms with Crippen molar-refractivity contribution in [1.29, 1.82) is 0 Å². The Labute approximate surface area is 178 Å². The van der Waals surface area contributed by atoms with Crippen LogP contribution in [-0.2, 0) is 0 Å². The average Bonchev–Trinajstić information content (AvgIpc) is 3.18. The van der Waals surface area contributed by atoms with Crippen LogP contribution < -0.4 is 4.90 Å². The van der Waals surface area contributed by atoms with Crippen LogP contribution in [0.3, 0.4) is 0 Å². The maximum absolute atomic E-state index is 4.79. The molecule has 0 atom stereocenters. The van der Waals surface area contributed by atoms with Crippen molar-refractivity contribution in [2.75, 3.05) is 38.1 Å². The highest BCUT2D eigenvalue weighted by Gasteiger charge is 2.21. The Morgan fingerprint density at radius 1 is 0.800 bits per heavy atom. The molecule has 1 fully saturated rings. The van der Waals surface area contributed by atoms with Gasteiger partial charge in [-0.15, -0.1) is 0 Å². The van der Waals surface area contributed by atoms with E-state index in [9.17, 15) is 0 Å². The summed E-state index contributed by atoms with van der Waals surface area (Å²) in [7, 11) is 2.20. The first-order chi connectivity index (χ1) is 14.7. The SMILES string of the molecule is Cc1cc2ncn(C(c3ccccc3)c3ccccc3)c2cc1N1CCN(C)CC1. The van der Waals surface area contributed by atoms with Gasteiger partial charge < -0.3 is 14.4 Å². The van der Waals surface area contributed by atoms with Gasteiger partial charge in [0.15, 0.2) is 0 Å². The van der Waals surface area contributed by atoms with Crippen LogP contribution in [0.15, 0.2) is 79.1 Å². The van der Waals surface area contributed by atoms with Gasteiger partial charge in [0.1, 0.15) is 0 Å². The highest BCUT2D eigenvalue weighted by molar-refractivity contribution is 5.82. The molecule has 0 aliphatic carbocycles. The molecular formula is C26H28N4. The maximum atomic E-state index is 4.79. The molecule has 0 unspecified atom stereocenters. The molecule has 1 aliphatic heterocycles. The highest BCUT2D eigenvalue weighted by atomic mass is 15.2. The highest BCUT2D eigenvalue weighted by Crippen LogP contribution is 2.33. The second-order valence-corrected chi connectivity index (χ2v) is 8.29. The summed E-state index contributed by atoms with van der Waals surface area (Å²) in [6, 6.07) is 26.1. The number of hydrogen-bond donors (Lipinski definition) is 0. The molecule has 0 bridgehead atoms. The van der Waals surface area contributed by atoms with Gasteiger partial charge in [-0.3, -0.25) is 0 Å². The second kappa shape index (κ2) is 7.96. The van der Waals surface area contributed by atoms with Gasteiger partial charge in [0.2, 0.25) is 0 Å². The van der Waals surface area contributed by atoms with E-state index in [2.05, 4.69) is 101 Å². The molecule has 1 aromatic heterocycles. The molecule has 152 valence electrons. The predicted molar refractivity (Wildman–Crippen MR) is 124 cm³/mol. The number of fused-ring (bicyclic) bond motifs is 1. The first-order valence-corrected chi connectivity index (χ1v) is 10.7. The molecule has 0 amide bonds. The lowest BCUT2D eigenvalue weighted by Gasteiger charge is -2.35. The largest absolute Gasteiger partial charge is 0.369 e. The van der Waals surface area contributed by atoms with E-state index in [-0.39, 0.29) is 6.04 Å². The number of imidazole rings is 1. The van der Waals surface area contributed by atoms with Gasteiger partial charge in [-0.25, -0.2) is 4.98 Å². The quantitative estimate of drug-likeness (QED) is 0.498. The zero-order valence-electron chi connectivity index (χ0n) is 17.7. The number of anilines is 1. The number of piperazine rings is 1. The van der Waals surface area contributed by atoms with Gasteiger partial charge in [-0.1, -0.05) is 60.7 Å². The fourth-order valence-electron chi connectivity index (χ4n) is 4.55. The van der Waals surface area contributed by atoms with E-state index in [4.69, 9.17) is 4.98 Å². The van der Waals surface area contributed by atoms with Crippen LogP contribution in [-0.4, -0.2) is 47.7 Å². The topological polar surface area (TPSA) is 24.3 Å². The Bertz CT molecular complexity index is 1090. The van der Waals surface area contributed by atoms with Crippen molar-refractivity contribution in [2.45, 2.75) is 13.0 Å². The first-order valence-electron chi connectivity index (χ1n) is 10.7. The molecule has 0 spiro atoms. The molecule has 5 rings (SSSR count). The van der Waals surface area contributed by atoms with E-state index in [0.717, 1.165) is 31.7 Å². The van der Waals surface area contributed by atoms with Crippen LogP contribution in [0.2, 0.25) is 0 Å². The van der Waals surface area contributed by atoms with Crippen molar-refractivity contribution < 1.29 is 0 Å². The minimum absolute atomic E-state index is 0.0976. The van der Waals surface area contributed by atoms with Crippen molar-refractivity contribution in [2.24, 2.45) is 0 Å². The third-order valence-corrected chi connectivity index (χ3v) is 6.25. The third-order valence-electron chi connectivity index (χ3n) is 6.25. The van der Waals surface area contributed by atoms with Gasteiger partial charge in [0.05, 0.1) is 23.4 Å². The molecule has 4 nitrogen and oxygen atoms in total. The summed E-state index contributed by atoms with van der Waals surface area (Å²) < 4.78 is 2.33. The Morgan fingerprint density at radius 3 is 2.00 bits per heavy atom. The summed E-state index contributed by atoms with van der Waals surface area (Å²) in [5.41, 5.74) is 7.41. The minimum Gasteiger partial charge on any atom is -0.369 e. The lowest BCUT2D eigenvalue weighted by Crippen LogP contribution is -2.44. The van der Waals surface area contributed by atoms with Crippen LogP contribution in [0.5, 0.6) is 0 Å². The summed E-state index contributed by atoms with van der Waals surface area (Å²) in [4.78, 5) is 9.70. The monoisotopic (exact) mass is 396 g/mol. The molecule has 0 saturated carbocycles. The van der Waals surface area contributed by atoms with Crippen LogP contribution in [0.4, 0.5) is 5.69 Å². The van der Waals surface area contributed by atoms with Gasteiger partial charge in [-0.05, 0) is 42.8 Å². The smallest absolute Gasteiger partial charge is 0.0966 e. The standard InChI is InChI=1S/C26H28N4/c1-20-17-23-25(18-24(20)29-15-13-28(2)14-16-29)30(19-27-23)26(21-9-5-3-6-10-21)22-11-7-4-8-12-22/h3-12,17-19,26H,13-16H2,1-2H3. The van der Waals surface area contributed by atoms with Crippen LogP contribution >= 0.6 is 0 Å². The summed E-state index contributed by atoms with van der Waals surface area (Å²) >= 11 is 0. The van der Waals surface area contributed by atoms with Crippen LogP contribution in [0.1, 0.15) is 22.7 Å². The summed E-state index contributed by atoms with van der Waals surface area (Å²) in [5.74, 6) is 0. The average molecular weight is 397 g/mol. The molecule has 1 saturated heterocycles. The predicted octanol–water partition coefficient (Wildman–Crippen LogP) is 4.73. The molecule has 0 radical (unpaired) electrons. The Morgan fingerprint density at radius 2 is 1.40 bits per heavy atom. The molecule has 3 aromatic carbocycles. The molecule has 0 N–H and O–H groups in total. The van der Waals surface area contributed by atoms with E-state index in [1.165, 1.54) is 27.9 Å². The number of hydrogen-bond acceptors (Lipinski definition) is 3. The number of rotatable bonds is 4. The number of aryl methyl sites for hydroxylation is 1. The normalized spacial score (nSPS) is 15.2. The lowest BCUT2D eigenvalue weighted by atomic mass is 9.98. The first kappa shape index (κ1) is 18.9. The van der Waals surface area contributed by atoms with Crippen LogP contribution in [0.25, 0.3) is 11.0 Å². The van der Waals surface area contributed by atoms with E-state index >= 15 is 0 Å². The van der Waals surface area contributed by atoms with E-state index in [0.29, 0.717) is 0 Å². The number of aromatic nitrogens is 2. The molecule has 30 heavy (non-hydrogen) atoms. The maximum Gasteiger partial charge on any atom is 0.0966 e. The van der Waals surface area contributed by atoms with Gasteiger partial charge in [0, 0.05) is 31.9 Å². The molecule has 4 heteroatoms. The Kier molecular flexibility index (Phi) is 5.01. The van der Waals surface area contributed by atoms with Gasteiger partial charge in [0.25, 0.3) is 0 Å². The molecule has 2 heterocycles. The zero-order chi connectivity index (χ0) is 20.5. The van der Waals surface area contributed by atoms with Crippen molar-refractivity contribution >= 4 is 16.7 Å².